The molecule has 90 valence electrons. The third-order valence-electron chi connectivity index (χ3n) is 1.92. The number of hydrogen-bond acceptors (Lipinski definition) is 1. The maximum absolute atomic E-state index is 12.4. The van der Waals surface area contributed by atoms with Crippen LogP contribution in [0.3, 0.4) is 0 Å². The van der Waals surface area contributed by atoms with Crippen LogP contribution in [0.2, 0.25) is 5.02 Å². The molecule has 7 heteroatoms. The highest BCUT2D eigenvalue weighted by molar-refractivity contribution is 6.49. The van der Waals surface area contributed by atoms with Gasteiger partial charge >= 0.3 is 6.18 Å². The summed E-state index contributed by atoms with van der Waals surface area (Å²) in [6, 6.07) is 5.49. The lowest BCUT2D eigenvalue weighted by atomic mass is 10.1. The first kappa shape index (κ1) is 13.9. The number of hydrogen-bond donors (Lipinski definition) is 1. The average molecular weight is 293 g/mol. The second-order valence-electron chi connectivity index (χ2n) is 3.04. The fraction of sp³-hybridized carbons (Fsp3) is 0.333. The molecule has 1 aromatic rings. The Balaban J connectivity index is 3.12. The molecule has 1 aromatic carbocycles. The quantitative estimate of drug-likeness (QED) is 0.814. The Bertz CT molecular complexity index is 379. The Morgan fingerprint density at radius 2 is 1.62 bits per heavy atom. The molecule has 0 amide bonds. The zero-order valence-corrected chi connectivity index (χ0v) is 9.87. The van der Waals surface area contributed by atoms with Crippen LogP contribution in [0.1, 0.15) is 11.7 Å². The third-order valence-corrected chi connectivity index (χ3v) is 3.11. The van der Waals surface area contributed by atoms with Gasteiger partial charge in [0.15, 0.2) is 0 Å². The van der Waals surface area contributed by atoms with Crippen LogP contribution in [0.4, 0.5) is 13.2 Å². The fourth-order valence-electron chi connectivity index (χ4n) is 1.05. The number of benzene rings is 1. The molecule has 1 unspecified atom stereocenters. The SMILES string of the molecule is OC(c1ccccc1Cl)C(Cl)(Cl)C(F)(F)F. The highest BCUT2D eigenvalue weighted by Crippen LogP contribution is 2.49. The molecule has 1 N–H and O–H groups in total. The lowest BCUT2D eigenvalue weighted by Gasteiger charge is -2.28. The Morgan fingerprint density at radius 3 is 2.06 bits per heavy atom. The first-order valence-corrected chi connectivity index (χ1v) is 5.18. The van der Waals surface area contributed by atoms with Crippen molar-refractivity contribution in [1.29, 1.82) is 0 Å². The van der Waals surface area contributed by atoms with E-state index >= 15 is 0 Å². The Hall–Kier alpha value is -0.160. The predicted octanol–water partition coefficient (Wildman–Crippen LogP) is 4.11. The Morgan fingerprint density at radius 1 is 1.12 bits per heavy atom. The molecule has 0 saturated carbocycles. The van der Waals surface area contributed by atoms with Gasteiger partial charge in [-0.15, -0.1) is 0 Å². The Labute approximate surface area is 105 Å². The topological polar surface area (TPSA) is 20.2 Å². The molecule has 0 spiro atoms. The first-order chi connectivity index (χ1) is 7.18. The van der Waals surface area contributed by atoms with E-state index in [4.69, 9.17) is 34.8 Å². The largest absolute Gasteiger partial charge is 0.424 e. The third kappa shape index (κ3) is 2.56. The first-order valence-electron chi connectivity index (χ1n) is 4.05. The van der Waals surface area contributed by atoms with E-state index in [2.05, 4.69) is 0 Å². The van der Waals surface area contributed by atoms with E-state index in [-0.39, 0.29) is 10.6 Å². The summed E-state index contributed by atoms with van der Waals surface area (Å²) in [6.45, 7) is 0. The van der Waals surface area contributed by atoms with Gasteiger partial charge < -0.3 is 5.11 Å². The zero-order chi connectivity index (χ0) is 12.6. The summed E-state index contributed by atoms with van der Waals surface area (Å²) in [4.78, 5) is 0. The van der Waals surface area contributed by atoms with E-state index in [1.807, 2.05) is 0 Å². The Kier molecular flexibility index (Phi) is 4.00. The molecular formula is C9H6Cl3F3O. The molecular weight excluding hydrogens is 287 g/mol. The van der Waals surface area contributed by atoms with E-state index in [0.29, 0.717) is 0 Å². The van der Waals surface area contributed by atoms with Crippen molar-refractivity contribution in [2.75, 3.05) is 0 Å². The summed E-state index contributed by atoms with van der Waals surface area (Å²) in [6.07, 6.45) is -7.11. The van der Waals surface area contributed by atoms with Crippen molar-refractivity contribution in [3.63, 3.8) is 0 Å². The maximum atomic E-state index is 12.4. The van der Waals surface area contributed by atoms with Crippen LogP contribution in [-0.2, 0) is 0 Å². The van der Waals surface area contributed by atoms with Crippen LogP contribution in [0, 0.1) is 0 Å². The van der Waals surface area contributed by atoms with Crippen LogP contribution in [0.15, 0.2) is 24.3 Å². The minimum absolute atomic E-state index is 0.0371. The summed E-state index contributed by atoms with van der Waals surface area (Å²) in [5, 5.41) is 9.46. The molecule has 1 nitrogen and oxygen atoms in total. The van der Waals surface area contributed by atoms with Crippen molar-refractivity contribution in [3.8, 4) is 0 Å². The summed E-state index contributed by atoms with van der Waals surface area (Å²) >= 11 is 15.8. The summed E-state index contributed by atoms with van der Waals surface area (Å²) in [7, 11) is 0. The van der Waals surface area contributed by atoms with Gasteiger partial charge in [0.1, 0.15) is 6.10 Å². The van der Waals surface area contributed by atoms with Crippen LogP contribution in [0.5, 0.6) is 0 Å². The monoisotopic (exact) mass is 292 g/mol. The van der Waals surface area contributed by atoms with Crippen molar-refractivity contribution < 1.29 is 18.3 Å². The van der Waals surface area contributed by atoms with Crippen LogP contribution in [-0.4, -0.2) is 15.6 Å². The molecule has 0 aromatic heterocycles. The minimum Gasteiger partial charge on any atom is -0.385 e. The van der Waals surface area contributed by atoms with Crippen LogP contribution in [0.25, 0.3) is 0 Å². The zero-order valence-electron chi connectivity index (χ0n) is 7.60. The highest BCUT2D eigenvalue weighted by Gasteiger charge is 2.58. The van der Waals surface area contributed by atoms with Gasteiger partial charge in [0.25, 0.3) is 0 Å². The number of aliphatic hydroxyl groups is 1. The summed E-state index contributed by atoms with van der Waals surface area (Å²) < 4.78 is 34.0. The number of halogens is 6. The number of aliphatic hydroxyl groups excluding tert-OH is 1. The van der Waals surface area contributed by atoms with Gasteiger partial charge in [-0.3, -0.25) is 0 Å². The normalized spacial score (nSPS) is 14.9. The number of alkyl halides is 5. The molecule has 0 heterocycles. The molecule has 0 aliphatic carbocycles. The molecule has 1 atom stereocenters. The fourth-order valence-corrected chi connectivity index (χ4v) is 1.52. The van der Waals surface area contributed by atoms with Gasteiger partial charge in [0.2, 0.25) is 4.33 Å². The van der Waals surface area contributed by atoms with Gasteiger partial charge in [-0.05, 0) is 6.07 Å². The van der Waals surface area contributed by atoms with Crippen molar-refractivity contribution in [2.45, 2.75) is 16.6 Å². The average Bonchev–Trinajstić information content (AvgIpc) is 2.15. The molecule has 0 saturated heterocycles. The van der Waals surface area contributed by atoms with Crippen molar-refractivity contribution in [1.82, 2.24) is 0 Å². The predicted molar refractivity (Wildman–Crippen MR) is 56.9 cm³/mol. The van der Waals surface area contributed by atoms with E-state index < -0.39 is 16.6 Å². The lowest BCUT2D eigenvalue weighted by molar-refractivity contribution is -0.162. The molecule has 16 heavy (non-hydrogen) atoms. The number of rotatable bonds is 2. The molecule has 0 aliphatic rings. The highest BCUT2D eigenvalue weighted by atomic mass is 35.5. The van der Waals surface area contributed by atoms with Crippen molar-refractivity contribution in [2.24, 2.45) is 0 Å². The lowest BCUT2D eigenvalue weighted by Crippen LogP contribution is -2.40. The van der Waals surface area contributed by atoms with Gasteiger partial charge in [0.05, 0.1) is 0 Å². The molecule has 0 aliphatic heterocycles. The van der Waals surface area contributed by atoms with E-state index in [0.717, 1.165) is 0 Å². The van der Waals surface area contributed by atoms with E-state index in [9.17, 15) is 18.3 Å². The second kappa shape index (κ2) is 4.61. The standard InChI is InChI=1S/C9H6Cl3F3O/c10-6-4-2-1-3-5(6)7(16)8(11,12)9(13,14)15/h1-4,7,16H. The van der Waals surface area contributed by atoms with Crippen molar-refractivity contribution >= 4 is 34.8 Å². The van der Waals surface area contributed by atoms with E-state index in [1.54, 1.807) is 0 Å². The van der Waals surface area contributed by atoms with Crippen LogP contribution >= 0.6 is 34.8 Å². The van der Waals surface area contributed by atoms with Gasteiger partial charge in [0, 0.05) is 10.6 Å². The summed E-state index contributed by atoms with van der Waals surface area (Å²) in [5.74, 6) is 0. The maximum Gasteiger partial charge on any atom is 0.424 e. The molecule has 0 fully saturated rings. The second-order valence-corrected chi connectivity index (χ2v) is 4.84. The summed E-state index contributed by atoms with van der Waals surface area (Å²) in [5.41, 5.74) is -0.175. The van der Waals surface area contributed by atoms with Crippen molar-refractivity contribution in [3.05, 3.63) is 34.9 Å². The molecule has 0 bridgehead atoms. The molecule has 1 rings (SSSR count). The molecule has 0 radical (unpaired) electrons. The smallest absolute Gasteiger partial charge is 0.385 e. The van der Waals surface area contributed by atoms with Gasteiger partial charge in [-0.25, -0.2) is 0 Å². The van der Waals surface area contributed by atoms with Crippen LogP contribution < -0.4 is 0 Å². The van der Waals surface area contributed by atoms with Gasteiger partial charge in [-0.2, -0.15) is 13.2 Å². The minimum atomic E-state index is -4.96. The van der Waals surface area contributed by atoms with E-state index in [1.165, 1.54) is 24.3 Å². The van der Waals surface area contributed by atoms with Gasteiger partial charge in [-0.1, -0.05) is 53.0 Å².